The van der Waals surface area contributed by atoms with Gasteiger partial charge in [-0.25, -0.2) is 8.78 Å². The van der Waals surface area contributed by atoms with Crippen LogP contribution in [0, 0.1) is 11.6 Å². The normalized spacial score (nSPS) is 10.6. The Morgan fingerprint density at radius 2 is 2.00 bits per heavy atom. The molecular formula is C9H5ClF2N2S. The van der Waals surface area contributed by atoms with Gasteiger partial charge < -0.3 is 0 Å². The molecule has 1 heterocycles. The van der Waals surface area contributed by atoms with Gasteiger partial charge in [0.2, 0.25) is 0 Å². The van der Waals surface area contributed by atoms with E-state index < -0.39 is 11.6 Å². The van der Waals surface area contributed by atoms with Gasteiger partial charge >= 0.3 is 0 Å². The third-order valence-corrected chi connectivity index (χ3v) is 3.13. The Morgan fingerprint density at radius 3 is 2.60 bits per heavy atom. The summed E-state index contributed by atoms with van der Waals surface area (Å²) in [5, 5.41) is 8.79. The number of nitrogens with zero attached hydrogens (tertiary/aromatic N) is 2. The molecule has 15 heavy (non-hydrogen) atoms. The van der Waals surface area contributed by atoms with Crippen LogP contribution in [-0.4, -0.2) is 10.2 Å². The Morgan fingerprint density at radius 1 is 1.20 bits per heavy atom. The van der Waals surface area contributed by atoms with Gasteiger partial charge in [0.05, 0.1) is 5.88 Å². The molecule has 0 unspecified atom stereocenters. The van der Waals surface area contributed by atoms with Crippen molar-refractivity contribution in [2.45, 2.75) is 5.88 Å². The summed E-state index contributed by atoms with van der Waals surface area (Å²) in [7, 11) is 0. The maximum atomic E-state index is 12.9. The quantitative estimate of drug-likeness (QED) is 0.761. The van der Waals surface area contributed by atoms with Crippen LogP contribution in [0.15, 0.2) is 18.2 Å². The average molecular weight is 247 g/mol. The summed E-state index contributed by atoms with van der Waals surface area (Å²) in [6, 6.07) is 3.61. The van der Waals surface area contributed by atoms with Gasteiger partial charge in [-0.05, 0) is 18.2 Å². The lowest BCUT2D eigenvalue weighted by atomic mass is 10.2. The molecule has 2 nitrogen and oxygen atoms in total. The molecule has 0 fully saturated rings. The standard InChI is InChI=1S/C9H5ClF2N2S/c10-4-8-13-14-9(15-8)5-1-2-6(11)7(12)3-5/h1-3H,4H2. The summed E-state index contributed by atoms with van der Waals surface area (Å²) < 4.78 is 25.6. The first-order valence-electron chi connectivity index (χ1n) is 4.04. The van der Waals surface area contributed by atoms with Crippen LogP contribution in [0.3, 0.4) is 0 Å². The molecule has 0 atom stereocenters. The number of benzene rings is 1. The lowest BCUT2D eigenvalue weighted by Gasteiger charge is -1.95. The van der Waals surface area contributed by atoms with Crippen molar-refractivity contribution in [3.63, 3.8) is 0 Å². The van der Waals surface area contributed by atoms with Crippen LogP contribution in [0.25, 0.3) is 10.6 Å². The summed E-state index contributed by atoms with van der Waals surface area (Å²) in [5.74, 6) is -1.50. The number of hydrogen-bond acceptors (Lipinski definition) is 3. The van der Waals surface area contributed by atoms with Crippen LogP contribution >= 0.6 is 22.9 Å². The molecule has 2 aromatic rings. The minimum atomic E-state index is -0.893. The van der Waals surface area contributed by atoms with Crippen molar-refractivity contribution in [1.29, 1.82) is 0 Å². The Balaban J connectivity index is 2.40. The van der Waals surface area contributed by atoms with Gasteiger partial charge in [-0.3, -0.25) is 0 Å². The van der Waals surface area contributed by atoms with Gasteiger partial charge in [0.25, 0.3) is 0 Å². The highest BCUT2D eigenvalue weighted by atomic mass is 35.5. The molecule has 0 N–H and O–H groups in total. The molecule has 78 valence electrons. The Hall–Kier alpha value is -1.07. The van der Waals surface area contributed by atoms with Crippen LogP contribution in [0.2, 0.25) is 0 Å². The van der Waals surface area contributed by atoms with Gasteiger partial charge in [0.1, 0.15) is 10.0 Å². The van der Waals surface area contributed by atoms with E-state index in [1.165, 1.54) is 17.4 Å². The van der Waals surface area contributed by atoms with Crippen molar-refractivity contribution >= 4 is 22.9 Å². The van der Waals surface area contributed by atoms with E-state index in [4.69, 9.17) is 11.6 Å². The second-order valence-corrected chi connectivity index (χ2v) is 4.09. The molecule has 0 aliphatic rings. The SMILES string of the molecule is Fc1ccc(-c2nnc(CCl)s2)cc1F. The van der Waals surface area contributed by atoms with Gasteiger partial charge in [0.15, 0.2) is 11.6 Å². The lowest BCUT2D eigenvalue weighted by molar-refractivity contribution is 0.509. The predicted octanol–water partition coefficient (Wildman–Crippen LogP) is 3.22. The van der Waals surface area contributed by atoms with Crippen molar-refractivity contribution in [1.82, 2.24) is 10.2 Å². The summed E-state index contributed by atoms with van der Waals surface area (Å²) >= 11 is 6.82. The van der Waals surface area contributed by atoms with Crippen molar-refractivity contribution in [3.05, 3.63) is 34.8 Å². The Bertz CT molecular complexity index is 487. The zero-order chi connectivity index (χ0) is 10.8. The Kier molecular flexibility index (Phi) is 2.93. The van der Waals surface area contributed by atoms with Gasteiger partial charge in [-0.15, -0.1) is 21.8 Å². The number of alkyl halides is 1. The van der Waals surface area contributed by atoms with Crippen LogP contribution in [0.1, 0.15) is 5.01 Å². The van der Waals surface area contributed by atoms with Crippen molar-refractivity contribution in [2.24, 2.45) is 0 Å². The molecule has 0 aliphatic carbocycles. The van der Waals surface area contributed by atoms with Gasteiger partial charge in [-0.1, -0.05) is 11.3 Å². The van der Waals surface area contributed by atoms with E-state index in [1.807, 2.05) is 0 Å². The van der Waals surface area contributed by atoms with E-state index in [1.54, 1.807) is 0 Å². The minimum absolute atomic E-state index is 0.265. The van der Waals surface area contributed by atoms with Crippen LogP contribution in [0.4, 0.5) is 8.78 Å². The third-order valence-electron chi connectivity index (χ3n) is 1.75. The fourth-order valence-corrected chi connectivity index (χ4v) is 1.96. The highest BCUT2D eigenvalue weighted by molar-refractivity contribution is 7.14. The van der Waals surface area contributed by atoms with Crippen LogP contribution < -0.4 is 0 Å². The maximum absolute atomic E-state index is 12.9. The summed E-state index contributed by atoms with van der Waals surface area (Å²) in [5.41, 5.74) is 0.503. The minimum Gasteiger partial charge on any atom is -0.204 e. The second-order valence-electron chi connectivity index (χ2n) is 2.76. The van der Waals surface area contributed by atoms with Crippen LogP contribution in [0.5, 0.6) is 0 Å². The largest absolute Gasteiger partial charge is 0.204 e. The van der Waals surface area contributed by atoms with E-state index in [2.05, 4.69) is 10.2 Å². The van der Waals surface area contributed by atoms with Gasteiger partial charge in [-0.2, -0.15) is 0 Å². The van der Waals surface area contributed by atoms with Crippen LogP contribution in [-0.2, 0) is 5.88 Å². The van der Waals surface area contributed by atoms with E-state index in [0.29, 0.717) is 15.6 Å². The molecule has 1 aromatic heterocycles. The van der Waals surface area contributed by atoms with E-state index >= 15 is 0 Å². The molecule has 0 saturated heterocycles. The third kappa shape index (κ3) is 2.13. The monoisotopic (exact) mass is 246 g/mol. The predicted molar refractivity (Wildman–Crippen MR) is 54.8 cm³/mol. The second kappa shape index (κ2) is 4.20. The fourth-order valence-electron chi connectivity index (χ4n) is 1.05. The molecule has 0 bridgehead atoms. The number of rotatable bonds is 2. The van der Waals surface area contributed by atoms with E-state index in [9.17, 15) is 8.78 Å². The summed E-state index contributed by atoms with van der Waals surface area (Å²) in [6.45, 7) is 0. The first-order valence-corrected chi connectivity index (χ1v) is 5.39. The molecule has 0 aliphatic heterocycles. The highest BCUT2D eigenvalue weighted by Gasteiger charge is 2.08. The Labute approximate surface area is 93.5 Å². The molecular weight excluding hydrogens is 242 g/mol. The fraction of sp³-hybridized carbons (Fsp3) is 0.111. The zero-order valence-electron chi connectivity index (χ0n) is 7.38. The van der Waals surface area contributed by atoms with Crippen molar-refractivity contribution in [3.8, 4) is 10.6 Å². The molecule has 1 aromatic carbocycles. The smallest absolute Gasteiger partial charge is 0.159 e. The summed E-state index contributed by atoms with van der Waals surface area (Å²) in [4.78, 5) is 0. The molecule has 0 spiro atoms. The van der Waals surface area contributed by atoms with Crippen molar-refractivity contribution < 1.29 is 8.78 Å². The molecule has 2 rings (SSSR count). The first kappa shape index (κ1) is 10.4. The average Bonchev–Trinajstić information content (AvgIpc) is 2.70. The summed E-state index contributed by atoms with van der Waals surface area (Å²) in [6.07, 6.45) is 0. The molecule has 0 radical (unpaired) electrons. The molecule has 6 heteroatoms. The molecule has 0 amide bonds. The van der Waals surface area contributed by atoms with Crippen molar-refractivity contribution in [2.75, 3.05) is 0 Å². The lowest BCUT2D eigenvalue weighted by Crippen LogP contribution is -1.84. The van der Waals surface area contributed by atoms with E-state index in [-0.39, 0.29) is 5.88 Å². The van der Waals surface area contributed by atoms with E-state index in [0.717, 1.165) is 12.1 Å². The topological polar surface area (TPSA) is 25.8 Å². The maximum Gasteiger partial charge on any atom is 0.159 e. The number of hydrogen-bond donors (Lipinski definition) is 0. The number of halogens is 3. The zero-order valence-corrected chi connectivity index (χ0v) is 8.95. The van der Waals surface area contributed by atoms with Gasteiger partial charge in [0, 0.05) is 5.56 Å². The first-order chi connectivity index (χ1) is 7.20. The molecule has 0 saturated carbocycles. The highest BCUT2D eigenvalue weighted by Crippen LogP contribution is 2.25. The number of aromatic nitrogens is 2.